The molecule has 172 valence electrons. The molecule has 1 heterocycles. The highest BCUT2D eigenvalue weighted by Gasteiger charge is 2.35. The highest BCUT2D eigenvalue weighted by Crippen LogP contribution is 2.34. The van der Waals surface area contributed by atoms with Crippen molar-refractivity contribution >= 4 is 40.5 Å². The van der Waals surface area contributed by atoms with E-state index in [0.717, 1.165) is 6.07 Å². The molecule has 0 bridgehead atoms. The Bertz CT molecular complexity index is 1170. The summed E-state index contributed by atoms with van der Waals surface area (Å²) >= 11 is 11.1. The number of carbonyl (C=O) groups excluding carboxylic acids is 1. The third-order valence-corrected chi connectivity index (χ3v) is 5.05. The molecule has 11 heteroatoms. The van der Waals surface area contributed by atoms with Crippen molar-refractivity contribution in [2.24, 2.45) is 0 Å². The molecule has 0 unspecified atom stereocenters. The van der Waals surface area contributed by atoms with Crippen LogP contribution in [0.25, 0.3) is 0 Å². The second-order valence-electron chi connectivity index (χ2n) is 6.72. The molecule has 1 amide bonds. The molecular formula is C22H16ClF4N3O2S. The number of alkyl halides is 3. The maximum absolute atomic E-state index is 13.8. The van der Waals surface area contributed by atoms with E-state index in [1.807, 2.05) is 0 Å². The molecule has 33 heavy (non-hydrogen) atoms. The summed E-state index contributed by atoms with van der Waals surface area (Å²) in [5.74, 6) is -1.48. The number of ether oxygens (including phenoxy) is 1. The number of aromatic nitrogens is 1. The van der Waals surface area contributed by atoms with Crippen LogP contribution in [-0.2, 0) is 12.7 Å². The van der Waals surface area contributed by atoms with E-state index < -0.39 is 23.5 Å². The van der Waals surface area contributed by atoms with Gasteiger partial charge < -0.3 is 9.64 Å². The summed E-state index contributed by atoms with van der Waals surface area (Å²) in [5, 5.41) is 2.36. The van der Waals surface area contributed by atoms with E-state index in [1.54, 1.807) is 24.3 Å². The Morgan fingerprint density at radius 1 is 1.15 bits per heavy atom. The van der Waals surface area contributed by atoms with Crippen LogP contribution in [0.2, 0.25) is 5.15 Å². The van der Waals surface area contributed by atoms with Crippen LogP contribution in [0.3, 0.4) is 0 Å². The fourth-order valence-electron chi connectivity index (χ4n) is 2.87. The zero-order chi connectivity index (χ0) is 24.2. The molecule has 0 atom stereocenters. The van der Waals surface area contributed by atoms with Gasteiger partial charge in [-0.05, 0) is 60.2 Å². The Hall–Kier alpha value is -3.24. The highest BCUT2D eigenvalue weighted by atomic mass is 35.5. The number of amides is 1. The molecule has 0 aliphatic heterocycles. The lowest BCUT2D eigenvalue weighted by molar-refractivity contribution is -0.139. The van der Waals surface area contributed by atoms with Gasteiger partial charge in [0.25, 0.3) is 5.91 Å². The minimum absolute atomic E-state index is 0.0108. The second kappa shape index (κ2) is 10.1. The number of hydrogen-bond donors (Lipinski definition) is 1. The number of anilines is 1. The molecule has 0 saturated carbocycles. The largest absolute Gasteiger partial charge is 0.497 e. The molecule has 1 N–H and O–H groups in total. The van der Waals surface area contributed by atoms with Crippen LogP contribution >= 0.6 is 23.8 Å². The first-order valence-corrected chi connectivity index (χ1v) is 10.1. The molecule has 0 radical (unpaired) electrons. The molecule has 0 saturated heterocycles. The van der Waals surface area contributed by atoms with Crippen molar-refractivity contribution in [1.82, 2.24) is 10.3 Å². The van der Waals surface area contributed by atoms with Gasteiger partial charge in [0.15, 0.2) is 5.11 Å². The second-order valence-corrected chi connectivity index (χ2v) is 7.50. The van der Waals surface area contributed by atoms with Crippen molar-refractivity contribution in [3.05, 3.63) is 88.5 Å². The lowest BCUT2D eigenvalue weighted by Gasteiger charge is -2.26. The summed E-state index contributed by atoms with van der Waals surface area (Å²) in [5.41, 5.74) is -0.707. The van der Waals surface area contributed by atoms with Crippen LogP contribution in [0.15, 0.2) is 60.8 Å². The number of hydrogen-bond acceptors (Lipinski definition) is 4. The van der Waals surface area contributed by atoms with E-state index in [1.165, 1.54) is 30.3 Å². The van der Waals surface area contributed by atoms with Crippen molar-refractivity contribution in [1.29, 1.82) is 0 Å². The molecule has 0 fully saturated rings. The van der Waals surface area contributed by atoms with Crippen molar-refractivity contribution in [2.75, 3.05) is 12.0 Å². The Morgan fingerprint density at radius 3 is 2.45 bits per heavy atom. The third-order valence-electron chi connectivity index (χ3n) is 4.52. The van der Waals surface area contributed by atoms with E-state index in [2.05, 4.69) is 10.3 Å². The highest BCUT2D eigenvalue weighted by molar-refractivity contribution is 7.80. The van der Waals surface area contributed by atoms with Crippen molar-refractivity contribution in [3.63, 3.8) is 0 Å². The van der Waals surface area contributed by atoms with Gasteiger partial charge in [-0.25, -0.2) is 9.37 Å². The number of halogens is 5. The maximum Gasteiger partial charge on any atom is 0.419 e. The smallest absolute Gasteiger partial charge is 0.419 e. The first kappa shape index (κ1) is 24.4. The van der Waals surface area contributed by atoms with Gasteiger partial charge in [0.05, 0.1) is 19.2 Å². The Balaban J connectivity index is 1.95. The average molecular weight is 498 g/mol. The van der Waals surface area contributed by atoms with Crippen LogP contribution in [0, 0.1) is 5.82 Å². The van der Waals surface area contributed by atoms with E-state index in [9.17, 15) is 22.4 Å². The fourth-order valence-corrected chi connectivity index (χ4v) is 3.31. The SMILES string of the molecule is COc1ccc(CN(C(=S)NC(=O)c2ccnc(Cl)c2)c2ccc(F)c(C(F)(F)F)c2)cc1. The summed E-state index contributed by atoms with van der Waals surface area (Å²) in [4.78, 5) is 17.6. The van der Waals surface area contributed by atoms with Crippen LogP contribution in [-0.4, -0.2) is 23.1 Å². The molecule has 2 aromatic carbocycles. The molecule has 1 aromatic heterocycles. The van der Waals surface area contributed by atoms with E-state index in [4.69, 9.17) is 28.6 Å². The minimum atomic E-state index is -4.91. The Labute approximate surface area is 196 Å². The minimum Gasteiger partial charge on any atom is -0.497 e. The molecule has 0 spiro atoms. The zero-order valence-electron chi connectivity index (χ0n) is 17.0. The summed E-state index contributed by atoms with van der Waals surface area (Å²) in [6.45, 7) is -0.0108. The summed E-state index contributed by atoms with van der Waals surface area (Å²) in [7, 11) is 1.49. The topological polar surface area (TPSA) is 54.5 Å². The maximum atomic E-state index is 13.8. The summed E-state index contributed by atoms with van der Waals surface area (Å²) in [6, 6.07) is 11.9. The lowest BCUT2D eigenvalue weighted by atomic mass is 10.1. The lowest BCUT2D eigenvalue weighted by Crippen LogP contribution is -2.42. The van der Waals surface area contributed by atoms with Crippen molar-refractivity contribution in [2.45, 2.75) is 12.7 Å². The van der Waals surface area contributed by atoms with Gasteiger partial charge in [0, 0.05) is 17.4 Å². The van der Waals surface area contributed by atoms with Gasteiger partial charge in [0.2, 0.25) is 0 Å². The average Bonchev–Trinajstić information content (AvgIpc) is 2.77. The molecule has 0 aliphatic carbocycles. The number of benzene rings is 2. The van der Waals surface area contributed by atoms with Gasteiger partial charge in [-0.3, -0.25) is 10.1 Å². The predicted molar refractivity (Wildman–Crippen MR) is 120 cm³/mol. The standard InChI is InChI=1S/C22H16ClF4N3O2S/c1-32-16-5-2-13(3-6-16)12-30(15-4-7-18(24)17(11-15)22(25,26)27)21(33)29-20(31)14-8-9-28-19(23)10-14/h2-11H,12H2,1H3,(H,29,31,33). The molecular weight excluding hydrogens is 482 g/mol. The van der Waals surface area contributed by atoms with Crippen molar-refractivity contribution in [3.8, 4) is 5.75 Å². The normalized spacial score (nSPS) is 11.1. The van der Waals surface area contributed by atoms with Crippen LogP contribution in [0.1, 0.15) is 21.5 Å². The van der Waals surface area contributed by atoms with E-state index >= 15 is 0 Å². The zero-order valence-corrected chi connectivity index (χ0v) is 18.6. The van der Waals surface area contributed by atoms with Crippen molar-refractivity contribution < 1.29 is 27.1 Å². The Morgan fingerprint density at radius 2 is 1.85 bits per heavy atom. The van der Waals surface area contributed by atoms with Gasteiger partial charge >= 0.3 is 6.18 Å². The first-order chi connectivity index (χ1) is 15.6. The number of thiocarbonyl (C=S) groups is 1. The number of rotatable bonds is 5. The number of nitrogens with one attached hydrogen (secondary N) is 1. The Kier molecular flexibility index (Phi) is 7.50. The van der Waals surface area contributed by atoms with Gasteiger partial charge in [-0.1, -0.05) is 23.7 Å². The first-order valence-electron chi connectivity index (χ1n) is 9.32. The molecule has 5 nitrogen and oxygen atoms in total. The predicted octanol–water partition coefficient (Wildman–Crippen LogP) is 5.62. The van der Waals surface area contributed by atoms with Gasteiger partial charge in [-0.2, -0.15) is 13.2 Å². The van der Waals surface area contributed by atoms with Crippen LogP contribution < -0.4 is 15.0 Å². The van der Waals surface area contributed by atoms with Crippen LogP contribution in [0.4, 0.5) is 23.2 Å². The summed E-state index contributed by atoms with van der Waals surface area (Å²) < 4.78 is 58.8. The quantitative estimate of drug-likeness (QED) is 0.281. The molecule has 3 rings (SSSR count). The van der Waals surface area contributed by atoms with Crippen LogP contribution in [0.5, 0.6) is 5.75 Å². The summed E-state index contributed by atoms with van der Waals surface area (Å²) in [6.07, 6.45) is -3.59. The van der Waals surface area contributed by atoms with Gasteiger partial charge in [0.1, 0.15) is 16.7 Å². The molecule has 0 aliphatic rings. The van der Waals surface area contributed by atoms with Gasteiger partial charge in [-0.15, -0.1) is 0 Å². The number of nitrogens with zero attached hydrogens (tertiary/aromatic N) is 2. The number of carbonyl (C=O) groups is 1. The fraction of sp³-hybridized carbons (Fsp3) is 0.136. The van der Waals surface area contributed by atoms with E-state index in [-0.39, 0.29) is 28.1 Å². The third kappa shape index (κ3) is 6.17. The molecule has 3 aromatic rings. The number of methoxy groups -OCH3 is 1. The monoisotopic (exact) mass is 497 g/mol. The van der Waals surface area contributed by atoms with E-state index in [0.29, 0.717) is 23.4 Å². The number of pyridine rings is 1.